The first-order chi connectivity index (χ1) is 43.5. The van der Waals surface area contributed by atoms with Crippen LogP contribution in [0.25, 0.3) is 0 Å². The van der Waals surface area contributed by atoms with Crippen LogP contribution >= 0.6 is 0 Å². The molecule has 0 aromatic heterocycles. The lowest BCUT2D eigenvalue weighted by atomic mass is 10.0. The van der Waals surface area contributed by atoms with Crippen molar-refractivity contribution in [2.45, 2.75) is 475 Å². The molecular weight excluding hydrogens is 1080 g/mol. The van der Waals surface area contributed by atoms with Crippen LogP contribution < -0.4 is 5.32 Å². The van der Waals surface area contributed by atoms with Crippen LogP contribution in [0.2, 0.25) is 0 Å². The van der Waals surface area contributed by atoms with Gasteiger partial charge in [-0.15, -0.1) is 0 Å². The van der Waals surface area contributed by atoms with E-state index in [-0.39, 0.29) is 18.5 Å². The number of aliphatic hydroxyl groups excluding tert-OH is 2. The highest BCUT2D eigenvalue weighted by Gasteiger charge is 2.20. The molecule has 0 aliphatic rings. The van der Waals surface area contributed by atoms with Gasteiger partial charge in [-0.25, -0.2) is 0 Å². The Morgan fingerprint density at radius 2 is 0.534 bits per heavy atom. The Morgan fingerprint density at radius 3 is 0.807 bits per heavy atom. The van der Waals surface area contributed by atoms with Crippen molar-refractivity contribution in [2.75, 3.05) is 13.2 Å². The highest BCUT2D eigenvalue weighted by Crippen LogP contribution is 2.20. The molecule has 0 rings (SSSR count). The van der Waals surface area contributed by atoms with E-state index >= 15 is 0 Å². The molecule has 1 amide bonds. The zero-order chi connectivity index (χ0) is 63.5. The van der Waals surface area contributed by atoms with Gasteiger partial charge in [0.25, 0.3) is 0 Å². The second-order valence-corrected chi connectivity index (χ2v) is 28.1. The molecule has 6 heteroatoms. The van der Waals surface area contributed by atoms with Crippen LogP contribution in [-0.2, 0) is 14.3 Å². The number of esters is 1. The minimum atomic E-state index is -0.663. The van der Waals surface area contributed by atoms with Crippen molar-refractivity contribution in [2.24, 2.45) is 0 Å². The highest BCUT2D eigenvalue weighted by atomic mass is 16.5. The maximum absolute atomic E-state index is 12.6. The molecular formula is C82H159NO5. The number of carbonyl (C=O) groups is 2. The minimum absolute atomic E-state index is 0.0189. The minimum Gasteiger partial charge on any atom is -0.466 e. The van der Waals surface area contributed by atoms with Gasteiger partial charge in [-0.05, 0) is 77.0 Å². The molecule has 0 fully saturated rings. The van der Waals surface area contributed by atoms with E-state index in [1.807, 2.05) is 0 Å². The first-order valence-electron chi connectivity index (χ1n) is 40.6. The third kappa shape index (κ3) is 73.4. The monoisotopic (exact) mass is 1240 g/mol. The number of unbranched alkanes of at least 4 members (excludes halogenated alkanes) is 62. The van der Waals surface area contributed by atoms with Crippen molar-refractivity contribution in [3.8, 4) is 0 Å². The molecule has 3 N–H and O–H groups in total. The molecule has 88 heavy (non-hydrogen) atoms. The third-order valence-corrected chi connectivity index (χ3v) is 19.2. The predicted molar refractivity (Wildman–Crippen MR) is 389 cm³/mol. The summed E-state index contributed by atoms with van der Waals surface area (Å²) in [6.45, 7) is 5.00. The summed E-state index contributed by atoms with van der Waals surface area (Å²) in [4.78, 5) is 24.7. The third-order valence-electron chi connectivity index (χ3n) is 19.2. The van der Waals surface area contributed by atoms with E-state index in [0.29, 0.717) is 25.9 Å². The van der Waals surface area contributed by atoms with Gasteiger partial charge in [0, 0.05) is 12.8 Å². The van der Waals surface area contributed by atoms with Crippen LogP contribution in [-0.4, -0.2) is 47.4 Å². The zero-order valence-electron chi connectivity index (χ0n) is 60.0. The van der Waals surface area contributed by atoms with Gasteiger partial charge in [-0.1, -0.05) is 398 Å². The average Bonchev–Trinajstić information content (AvgIpc) is 3.58. The molecule has 0 heterocycles. The van der Waals surface area contributed by atoms with Crippen LogP contribution in [0.5, 0.6) is 0 Å². The molecule has 0 aliphatic carbocycles. The summed E-state index contributed by atoms with van der Waals surface area (Å²) in [6.07, 6.45) is 99.9. The average molecular weight is 1240 g/mol. The van der Waals surface area contributed by atoms with E-state index in [9.17, 15) is 19.8 Å². The van der Waals surface area contributed by atoms with Crippen LogP contribution in [0.1, 0.15) is 463 Å². The SMILES string of the molecule is CCCCCCCC/C=C\CCCCCCCCCCCC(=O)OCCCCCCCCCCCCCC/C=C\CCCCCCCCCCCCCCCCCCC(=O)NC(CO)C(O)CCCCCCCCCCCCCCCCCCCCCC. The summed E-state index contributed by atoms with van der Waals surface area (Å²) >= 11 is 0. The smallest absolute Gasteiger partial charge is 0.305 e. The van der Waals surface area contributed by atoms with Crippen molar-refractivity contribution in [1.29, 1.82) is 0 Å². The first-order valence-corrected chi connectivity index (χ1v) is 40.6. The quantitative estimate of drug-likeness (QED) is 0.0320. The van der Waals surface area contributed by atoms with Gasteiger partial charge in [-0.3, -0.25) is 9.59 Å². The first kappa shape index (κ1) is 86.3. The summed E-state index contributed by atoms with van der Waals surface area (Å²) in [5.74, 6) is -0.00823. The number of hydrogen-bond donors (Lipinski definition) is 3. The molecule has 2 atom stereocenters. The fourth-order valence-electron chi connectivity index (χ4n) is 13.0. The van der Waals surface area contributed by atoms with E-state index in [1.54, 1.807) is 0 Å². The molecule has 0 aliphatic heterocycles. The summed E-state index contributed by atoms with van der Waals surface area (Å²) in [7, 11) is 0. The van der Waals surface area contributed by atoms with Gasteiger partial charge in [0.15, 0.2) is 0 Å². The second-order valence-electron chi connectivity index (χ2n) is 28.1. The topological polar surface area (TPSA) is 95.9 Å². The fourth-order valence-corrected chi connectivity index (χ4v) is 13.0. The van der Waals surface area contributed by atoms with E-state index in [0.717, 1.165) is 38.5 Å². The maximum Gasteiger partial charge on any atom is 0.305 e. The normalized spacial score (nSPS) is 12.5. The number of amides is 1. The van der Waals surface area contributed by atoms with Gasteiger partial charge in [-0.2, -0.15) is 0 Å². The van der Waals surface area contributed by atoms with Crippen molar-refractivity contribution in [3.63, 3.8) is 0 Å². The molecule has 0 radical (unpaired) electrons. The summed E-state index contributed by atoms with van der Waals surface area (Å²) in [5.41, 5.74) is 0. The van der Waals surface area contributed by atoms with Crippen LogP contribution in [0, 0.1) is 0 Å². The number of hydrogen-bond acceptors (Lipinski definition) is 5. The Labute approximate surface area is 551 Å². The maximum atomic E-state index is 12.6. The summed E-state index contributed by atoms with van der Waals surface area (Å²) < 4.78 is 5.52. The van der Waals surface area contributed by atoms with Crippen LogP contribution in [0.15, 0.2) is 24.3 Å². The van der Waals surface area contributed by atoms with Crippen molar-refractivity contribution < 1.29 is 24.5 Å². The molecule has 0 aromatic rings. The van der Waals surface area contributed by atoms with Crippen LogP contribution in [0.4, 0.5) is 0 Å². The van der Waals surface area contributed by atoms with Crippen LogP contribution in [0.3, 0.4) is 0 Å². The van der Waals surface area contributed by atoms with E-state index in [4.69, 9.17) is 4.74 Å². The number of rotatable bonds is 77. The largest absolute Gasteiger partial charge is 0.466 e. The molecule has 0 aromatic carbocycles. The number of nitrogens with one attached hydrogen (secondary N) is 1. The lowest BCUT2D eigenvalue weighted by Crippen LogP contribution is -2.45. The number of ether oxygens (including phenoxy) is 1. The van der Waals surface area contributed by atoms with E-state index < -0.39 is 12.1 Å². The lowest BCUT2D eigenvalue weighted by Gasteiger charge is -2.22. The van der Waals surface area contributed by atoms with E-state index in [1.165, 1.54) is 392 Å². The van der Waals surface area contributed by atoms with Gasteiger partial charge < -0.3 is 20.3 Å². The molecule has 0 spiro atoms. The van der Waals surface area contributed by atoms with Gasteiger partial charge in [0.05, 0.1) is 25.4 Å². The Bertz CT molecular complexity index is 1380. The predicted octanol–water partition coefficient (Wildman–Crippen LogP) is 26.8. The van der Waals surface area contributed by atoms with Crippen molar-refractivity contribution >= 4 is 11.9 Å². The Hall–Kier alpha value is -1.66. The lowest BCUT2D eigenvalue weighted by molar-refractivity contribution is -0.143. The number of allylic oxidation sites excluding steroid dienone is 4. The second kappa shape index (κ2) is 77.8. The Balaban J connectivity index is 3.34. The molecule has 522 valence electrons. The molecule has 0 saturated heterocycles. The molecule has 2 unspecified atom stereocenters. The van der Waals surface area contributed by atoms with Gasteiger partial charge in [0.2, 0.25) is 5.91 Å². The molecule has 6 nitrogen and oxygen atoms in total. The van der Waals surface area contributed by atoms with Crippen molar-refractivity contribution in [1.82, 2.24) is 5.32 Å². The number of carbonyl (C=O) groups excluding carboxylic acids is 2. The molecule has 0 bridgehead atoms. The highest BCUT2D eigenvalue weighted by molar-refractivity contribution is 5.76. The van der Waals surface area contributed by atoms with Gasteiger partial charge >= 0.3 is 5.97 Å². The number of aliphatic hydroxyl groups is 2. The standard InChI is InChI=1S/C82H159NO5/c1-3-5-7-9-11-13-15-17-19-21-23-39-42-46-50-54-58-62-66-70-74-80(85)79(78-84)83-81(86)75-71-67-63-59-55-51-47-43-40-36-34-32-30-28-26-24-25-27-29-31-33-35-37-41-45-49-53-57-61-65-69-73-77-88-82(87)76-72-68-64-60-56-52-48-44-38-22-20-18-16-14-12-10-8-6-4-2/h18,20,27,29,79-80,84-85H,3-17,19,21-26,28,30-78H2,1-2H3,(H,83,86)/b20-18-,29-27-. The summed E-state index contributed by atoms with van der Waals surface area (Å²) in [6, 6.07) is -0.540. The zero-order valence-corrected chi connectivity index (χ0v) is 60.0. The Kier molecular flexibility index (Phi) is 76.3. The van der Waals surface area contributed by atoms with Gasteiger partial charge in [0.1, 0.15) is 0 Å². The Morgan fingerprint density at radius 1 is 0.307 bits per heavy atom. The molecule has 0 saturated carbocycles. The summed E-state index contributed by atoms with van der Waals surface area (Å²) in [5, 5.41) is 23.4. The fraction of sp³-hybridized carbons (Fsp3) is 0.927. The van der Waals surface area contributed by atoms with Crippen molar-refractivity contribution in [3.05, 3.63) is 24.3 Å². The van der Waals surface area contributed by atoms with E-state index in [2.05, 4.69) is 43.5 Å².